The number of fused-ring (bicyclic) bond motifs is 1. The fourth-order valence-electron chi connectivity index (χ4n) is 4.69. The highest BCUT2D eigenvalue weighted by Gasteiger charge is 2.45. The van der Waals surface area contributed by atoms with Gasteiger partial charge in [-0.05, 0) is 49.9 Å². The topological polar surface area (TPSA) is 154 Å². The SMILES string of the molecule is CC(=O)Nc1ccc(C(=O)N[C@H]2C/C=C\C[C@@H]3CC[C@@H](C(=O)NC4CC(=O)OC4O)N3C2=O)cc1. The van der Waals surface area contributed by atoms with Crippen molar-refractivity contribution >= 4 is 35.3 Å². The van der Waals surface area contributed by atoms with Gasteiger partial charge in [-0.3, -0.25) is 24.0 Å². The number of ether oxygens (including phenoxy) is 1. The number of aliphatic hydroxyl groups excluding tert-OH is 1. The number of amides is 4. The quantitative estimate of drug-likeness (QED) is 0.344. The van der Waals surface area contributed by atoms with Crippen LogP contribution in [0.2, 0.25) is 0 Å². The second kappa shape index (κ2) is 10.3. The Hall–Kier alpha value is -3.73. The molecule has 11 nitrogen and oxygen atoms in total. The Kier molecular flexibility index (Phi) is 7.15. The van der Waals surface area contributed by atoms with Crippen LogP contribution in [0, 0.1) is 0 Å². The molecule has 3 aliphatic rings. The van der Waals surface area contributed by atoms with Gasteiger partial charge in [-0.1, -0.05) is 12.2 Å². The van der Waals surface area contributed by atoms with E-state index in [0.717, 1.165) is 0 Å². The van der Waals surface area contributed by atoms with Crippen molar-refractivity contribution in [2.75, 3.05) is 5.32 Å². The van der Waals surface area contributed by atoms with Crippen LogP contribution in [0.15, 0.2) is 36.4 Å². The predicted octanol–water partition coefficient (Wildman–Crippen LogP) is 0.203. The molecular weight excluding hydrogens is 456 g/mol. The largest absolute Gasteiger partial charge is 0.434 e. The van der Waals surface area contributed by atoms with Gasteiger partial charge in [-0.15, -0.1) is 0 Å². The van der Waals surface area contributed by atoms with E-state index in [1.54, 1.807) is 24.3 Å². The summed E-state index contributed by atoms with van der Waals surface area (Å²) in [4.78, 5) is 63.5. The van der Waals surface area contributed by atoms with Crippen molar-refractivity contribution in [2.24, 2.45) is 0 Å². The van der Waals surface area contributed by atoms with Gasteiger partial charge in [0.15, 0.2) is 0 Å². The van der Waals surface area contributed by atoms with E-state index < -0.39 is 42.2 Å². The van der Waals surface area contributed by atoms with E-state index in [1.807, 2.05) is 12.2 Å². The summed E-state index contributed by atoms with van der Waals surface area (Å²) in [6.07, 6.45) is 4.15. The lowest BCUT2D eigenvalue weighted by molar-refractivity contribution is -0.155. The Bertz CT molecular complexity index is 1050. The maximum absolute atomic E-state index is 13.5. The molecule has 2 saturated heterocycles. The average molecular weight is 485 g/mol. The molecule has 1 aromatic carbocycles. The standard InChI is InChI=1S/C24H28N4O7/c1-13(29)25-15-8-6-14(7-9-15)21(31)26-17-5-3-2-4-16-10-11-19(28(16)23(17)33)22(32)27-18-12-20(30)35-24(18)34/h2-3,6-9,16-19,24,34H,4-5,10-12H2,1H3,(H,25,29)(H,26,31)(H,27,32)/b3-2-/t16-,17+,18?,19+,24?/m1/s1. The van der Waals surface area contributed by atoms with Crippen LogP contribution in [0.4, 0.5) is 5.69 Å². The maximum atomic E-state index is 13.5. The van der Waals surface area contributed by atoms with Crippen molar-refractivity contribution in [3.63, 3.8) is 0 Å². The first kappa shape index (κ1) is 24.4. The number of rotatable bonds is 5. The van der Waals surface area contributed by atoms with Crippen LogP contribution >= 0.6 is 0 Å². The highest BCUT2D eigenvalue weighted by molar-refractivity contribution is 5.99. The van der Waals surface area contributed by atoms with Crippen molar-refractivity contribution in [2.45, 2.75) is 69.5 Å². The van der Waals surface area contributed by atoms with Gasteiger partial charge in [0.2, 0.25) is 24.0 Å². The second-order valence-corrected chi connectivity index (χ2v) is 8.92. The highest BCUT2D eigenvalue weighted by Crippen LogP contribution is 2.30. The molecule has 0 radical (unpaired) electrons. The first-order chi connectivity index (χ1) is 16.7. The summed E-state index contributed by atoms with van der Waals surface area (Å²) < 4.78 is 4.67. The van der Waals surface area contributed by atoms with Crippen molar-refractivity contribution in [3.05, 3.63) is 42.0 Å². The molecule has 3 heterocycles. The molecule has 0 saturated carbocycles. The van der Waals surface area contributed by atoms with Crippen LogP contribution < -0.4 is 16.0 Å². The van der Waals surface area contributed by atoms with Gasteiger partial charge in [0.1, 0.15) is 18.1 Å². The lowest BCUT2D eigenvalue weighted by Gasteiger charge is -2.34. The molecule has 4 amide bonds. The number of carbonyl (C=O) groups is 5. The third-order valence-corrected chi connectivity index (χ3v) is 6.39. The minimum absolute atomic E-state index is 0.140. The van der Waals surface area contributed by atoms with Gasteiger partial charge >= 0.3 is 5.97 Å². The van der Waals surface area contributed by atoms with Crippen molar-refractivity contribution in [1.82, 2.24) is 15.5 Å². The predicted molar refractivity (Wildman–Crippen MR) is 123 cm³/mol. The Morgan fingerprint density at radius 2 is 1.74 bits per heavy atom. The number of carbonyl (C=O) groups excluding carboxylic acids is 5. The van der Waals surface area contributed by atoms with E-state index in [4.69, 9.17) is 0 Å². The number of esters is 1. The Morgan fingerprint density at radius 1 is 1.03 bits per heavy atom. The summed E-state index contributed by atoms with van der Waals surface area (Å²) in [6.45, 7) is 1.39. The van der Waals surface area contributed by atoms with Gasteiger partial charge in [0, 0.05) is 24.2 Å². The second-order valence-electron chi connectivity index (χ2n) is 8.92. The fourth-order valence-corrected chi connectivity index (χ4v) is 4.69. The van der Waals surface area contributed by atoms with Crippen molar-refractivity contribution < 1.29 is 33.8 Å². The van der Waals surface area contributed by atoms with Crippen LogP contribution in [0.3, 0.4) is 0 Å². The first-order valence-electron chi connectivity index (χ1n) is 11.6. The van der Waals surface area contributed by atoms with E-state index in [1.165, 1.54) is 11.8 Å². The Balaban J connectivity index is 1.46. The van der Waals surface area contributed by atoms with Crippen molar-refractivity contribution in [1.29, 1.82) is 0 Å². The Morgan fingerprint density at radius 3 is 2.40 bits per heavy atom. The number of hydrogen-bond acceptors (Lipinski definition) is 7. The number of benzene rings is 1. The third-order valence-electron chi connectivity index (χ3n) is 6.39. The molecule has 35 heavy (non-hydrogen) atoms. The monoisotopic (exact) mass is 484 g/mol. The van der Waals surface area contributed by atoms with E-state index in [0.29, 0.717) is 30.5 Å². The van der Waals surface area contributed by atoms with Crippen LogP contribution in [0.1, 0.15) is 49.4 Å². The molecular formula is C24H28N4O7. The van der Waals surface area contributed by atoms with Gasteiger partial charge in [-0.2, -0.15) is 0 Å². The molecule has 0 aliphatic carbocycles. The van der Waals surface area contributed by atoms with Crippen molar-refractivity contribution in [3.8, 4) is 0 Å². The van der Waals surface area contributed by atoms with Crippen LogP contribution in [0.25, 0.3) is 0 Å². The van der Waals surface area contributed by atoms with Gasteiger partial charge in [-0.25, -0.2) is 0 Å². The van der Waals surface area contributed by atoms with Gasteiger partial charge < -0.3 is 30.7 Å². The molecule has 3 aliphatic heterocycles. The summed E-state index contributed by atoms with van der Waals surface area (Å²) in [5.41, 5.74) is 0.873. The summed E-state index contributed by atoms with van der Waals surface area (Å²) >= 11 is 0. The number of nitrogens with one attached hydrogen (secondary N) is 3. The molecule has 11 heteroatoms. The smallest absolute Gasteiger partial charge is 0.310 e. The van der Waals surface area contributed by atoms with Crippen LogP contribution in [-0.2, 0) is 23.9 Å². The summed E-state index contributed by atoms with van der Waals surface area (Å²) in [6, 6.07) is 3.58. The molecule has 1 aromatic rings. The minimum atomic E-state index is -1.42. The summed E-state index contributed by atoms with van der Waals surface area (Å²) in [7, 11) is 0. The first-order valence-corrected chi connectivity index (χ1v) is 11.6. The number of aliphatic hydroxyl groups is 1. The van der Waals surface area contributed by atoms with Gasteiger partial charge in [0.25, 0.3) is 5.91 Å². The zero-order valence-corrected chi connectivity index (χ0v) is 19.2. The van der Waals surface area contributed by atoms with E-state index in [9.17, 15) is 29.1 Å². The molecule has 4 rings (SSSR count). The molecule has 0 aromatic heterocycles. The zero-order chi connectivity index (χ0) is 25.1. The fraction of sp³-hybridized carbons (Fsp3) is 0.458. The molecule has 0 spiro atoms. The summed E-state index contributed by atoms with van der Waals surface area (Å²) in [5, 5.41) is 17.8. The number of anilines is 1. The van der Waals surface area contributed by atoms with Gasteiger partial charge in [0.05, 0.1) is 6.42 Å². The molecule has 2 fully saturated rings. The molecule has 5 atom stereocenters. The molecule has 2 unspecified atom stereocenters. The lowest BCUT2D eigenvalue weighted by Crippen LogP contribution is -2.57. The number of hydrogen-bond donors (Lipinski definition) is 4. The average Bonchev–Trinajstić information content (AvgIpc) is 3.36. The number of nitrogens with zero attached hydrogens (tertiary/aromatic N) is 1. The third kappa shape index (κ3) is 5.51. The zero-order valence-electron chi connectivity index (χ0n) is 19.2. The molecule has 186 valence electrons. The summed E-state index contributed by atoms with van der Waals surface area (Å²) in [5.74, 6) is -2.11. The van der Waals surface area contributed by atoms with Crippen LogP contribution in [0.5, 0.6) is 0 Å². The minimum Gasteiger partial charge on any atom is -0.434 e. The molecule has 0 bridgehead atoms. The normalized spacial score (nSPS) is 28.9. The Labute approximate surface area is 201 Å². The number of cyclic esters (lactones) is 1. The van der Waals surface area contributed by atoms with E-state index in [2.05, 4.69) is 20.7 Å². The van der Waals surface area contributed by atoms with Crippen LogP contribution in [-0.4, -0.2) is 70.1 Å². The maximum Gasteiger partial charge on any atom is 0.310 e. The lowest BCUT2D eigenvalue weighted by atomic mass is 10.0. The van der Waals surface area contributed by atoms with E-state index in [-0.39, 0.29) is 30.7 Å². The molecule has 4 N–H and O–H groups in total. The van der Waals surface area contributed by atoms with E-state index >= 15 is 0 Å². The highest BCUT2D eigenvalue weighted by atomic mass is 16.6.